The zero-order valence-electron chi connectivity index (χ0n) is 13.1. The molecule has 0 atom stereocenters. The van der Waals surface area contributed by atoms with E-state index in [0.29, 0.717) is 10.7 Å². The van der Waals surface area contributed by atoms with Crippen molar-refractivity contribution in [1.29, 1.82) is 0 Å². The predicted octanol–water partition coefficient (Wildman–Crippen LogP) is 6.07. The fourth-order valence-electron chi connectivity index (χ4n) is 2.44. The monoisotopic (exact) mass is 422 g/mol. The smallest absolute Gasteiger partial charge is 0.282 e. The summed E-state index contributed by atoms with van der Waals surface area (Å²) in [5, 5.41) is 3.17. The van der Waals surface area contributed by atoms with Crippen LogP contribution in [0.5, 0.6) is 0 Å². The molecule has 0 aliphatic rings. The van der Waals surface area contributed by atoms with E-state index in [0.717, 1.165) is 26.9 Å². The third-order valence-corrected chi connectivity index (χ3v) is 5.19. The number of benzene rings is 2. The molecule has 0 radical (unpaired) electrons. The minimum absolute atomic E-state index is 0.0607. The first-order chi connectivity index (χ1) is 12.0. The molecule has 0 aliphatic carbocycles. The molecule has 128 valence electrons. The first kappa shape index (κ1) is 17.7. The van der Waals surface area contributed by atoms with E-state index in [1.165, 1.54) is 0 Å². The normalized spacial score (nSPS) is 10.9. The van der Waals surface area contributed by atoms with Gasteiger partial charge in [-0.25, -0.2) is 13.8 Å². The van der Waals surface area contributed by atoms with Crippen LogP contribution < -0.4 is 5.32 Å². The second-order valence-corrected chi connectivity index (χ2v) is 7.29. The standard InChI is InChI=1S/C18H13BrF2N2OS/c1-10-22-15(17(20)21)16(25-10)18(24)23-14-9-5-3-7-12(14)11-6-2-4-8-13(11)19/h2-9,17H,1H3,(H,23,24). The molecule has 1 N–H and O–H groups in total. The number of nitrogens with one attached hydrogen (secondary N) is 1. The Labute approximate surface area is 155 Å². The van der Waals surface area contributed by atoms with Crippen molar-refractivity contribution in [1.82, 2.24) is 4.98 Å². The van der Waals surface area contributed by atoms with E-state index in [1.807, 2.05) is 36.4 Å². The fourth-order valence-corrected chi connectivity index (χ4v) is 3.76. The molecule has 0 bridgehead atoms. The van der Waals surface area contributed by atoms with E-state index in [2.05, 4.69) is 26.2 Å². The maximum Gasteiger partial charge on any atom is 0.282 e. The Balaban J connectivity index is 1.97. The lowest BCUT2D eigenvalue weighted by atomic mass is 10.0. The highest BCUT2D eigenvalue weighted by atomic mass is 79.9. The number of para-hydroxylation sites is 1. The summed E-state index contributed by atoms with van der Waals surface area (Å²) in [5.41, 5.74) is 1.76. The average Bonchev–Trinajstić information content (AvgIpc) is 2.98. The lowest BCUT2D eigenvalue weighted by Gasteiger charge is -2.12. The topological polar surface area (TPSA) is 42.0 Å². The van der Waals surface area contributed by atoms with Gasteiger partial charge in [-0.1, -0.05) is 52.3 Å². The van der Waals surface area contributed by atoms with Crippen LogP contribution in [-0.4, -0.2) is 10.9 Å². The first-order valence-electron chi connectivity index (χ1n) is 7.38. The van der Waals surface area contributed by atoms with Gasteiger partial charge in [-0.15, -0.1) is 11.3 Å². The van der Waals surface area contributed by atoms with Crippen LogP contribution in [0.25, 0.3) is 11.1 Å². The number of thiazole rings is 1. The molecule has 1 amide bonds. The van der Waals surface area contributed by atoms with Gasteiger partial charge in [0, 0.05) is 15.7 Å². The molecule has 7 heteroatoms. The molecule has 0 unspecified atom stereocenters. The summed E-state index contributed by atoms with van der Waals surface area (Å²) in [4.78, 5) is 16.2. The number of alkyl halides is 2. The summed E-state index contributed by atoms with van der Waals surface area (Å²) >= 11 is 4.45. The third-order valence-electron chi connectivity index (χ3n) is 3.51. The van der Waals surface area contributed by atoms with Gasteiger partial charge in [0.2, 0.25) is 0 Å². The van der Waals surface area contributed by atoms with Crippen molar-refractivity contribution in [2.75, 3.05) is 5.32 Å². The van der Waals surface area contributed by atoms with E-state index in [-0.39, 0.29) is 4.88 Å². The molecule has 3 nitrogen and oxygen atoms in total. The highest BCUT2D eigenvalue weighted by Crippen LogP contribution is 2.34. The number of aromatic nitrogens is 1. The molecule has 3 aromatic rings. The number of amides is 1. The fraction of sp³-hybridized carbons (Fsp3) is 0.111. The van der Waals surface area contributed by atoms with Crippen molar-refractivity contribution < 1.29 is 13.6 Å². The van der Waals surface area contributed by atoms with Crippen LogP contribution in [0.15, 0.2) is 53.0 Å². The van der Waals surface area contributed by atoms with Crippen molar-refractivity contribution in [2.45, 2.75) is 13.3 Å². The lowest BCUT2D eigenvalue weighted by Crippen LogP contribution is -2.13. The summed E-state index contributed by atoms with van der Waals surface area (Å²) in [5.74, 6) is -0.583. The average molecular weight is 423 g/mol. The Kier molecular flexibility index (Phi) is 5.24. The highest BCUT2D eigenvalue weighted by Gasteiger charge is 2.24. The van der Waals surface area contributed by atoms with E-state index >= 15 is 0 Å². The van der Waals surface area contributed by atoms with Crippen LogP contribution in [0.2, 0.25) is 0 Å². The number of aryl methyl sites for hydroxylation is 1. The van der Waals surface area contributed by atoms with Gasteiger partial charge in [-0.3, -0.25) is 4.79 Å². The first-order valence-corrected chi connectivity index (χ1v) is 8.99. The zero-order valence-corrected chi connectivity index (χ0v) is 15.5. The predicted molar refractivity (Wildman–Crippen MR) is 99.3 cm³/mol. The van der Waals surface area contributed by atoms with Crippen LogP contribution in [0.1, 0.15) is 26.8 Å². The lowest BCUT2D eigenvalue weighted by molar-refractivity contribution is 0.101. The molecule has 0 saturated heterocycles. The van der Waals surface area contributed by atoms with Crippen molar-refractivity contribution in [3.63, 3.8) is 0 Å². The number of carbonyl (C=O) groups excluding carboxylic acids is 1. The van der Waals surface area contributed by atoms with Crippen molar-refractivity contribution in [2.24, 2.45) is 0 Å². The Morgan fingerprint density at radius 1 is 1.12 bits per heavy atom. The highest BCUT2D eigenvalue weighted by molar-refractivity contribution is 9.10. The van der Waals surface area contributed by atoms with Gasteiger partial charge in [0.15, 0.2) is 0 Å². The summed E-state index contributed by atoms with van der Waals surface area (Å²) in [6, 6.07) is 14.8. The number of nitrogens with zero attached hydrogens (tertiary/aromatic N) is 1. The van der Waals surface area contributed by atoms with Gasteiger partial charge in [0.25, 0.3) is 12.3 Å². The van der Waals surface area contributed by atoms with Crippen LogP contribution in [0.4, 0.5) is 14.5 Å². The van der Waals surface area contributed by atoms with Crippen molar-refractivity contribution >= 4 is 38.9 Å². The molecule has 25 heavy (non-hydrogen) atoms. The van der Waals surface area contributed by atoms with Gasteiger partial charge in [-0.2, -0.15) is 0 Å². The molecule has 1 heterocycles. The largest absolute Gasteiger partial charge is 0.321 e. The molecular formula is C18H13BrF2N2OS. The van der Waals surface area contributed by atoms with Gasteiger partial charge >= 0.3 is 0 Å². The SMILES string of the molecule is Cc1nc(C(F)F)c(C(=O)Nc2ccccc2-c2ccccc2Br)s1. The molecule has 0 fully saturated rings. The van der Waals surface area contributed by atoms with Gasteiger partial charge < -0.3 is 5.32 Å². The maximum absolute atomic E-state index is 13.1. The van der Waals surface area contributed by atoms with Crippen LogP contribution in [0.3, 0.4) is 0 Å². The minimum Gasteiger partial charge on any atom is -0.321 e. The quantitative estimate of drug-likeness (QED) is 0.554. The van der Waals surface area contributed by atoms with Gasteiger partial charge in [0.05, 0.1) is 5.01 Å². The van der Waals surface area contributed by atoms with E-state index in [9.17, 15) is 13.6 Å². The van der Waals surface area contributed by atoms with Crippen molar-refractivity contribution in [3.05, 3.63) is 68.6 Å². The second-order valence-electron chi connectivity index (χ2n) is 5.23. The summed E-state index contributed by atoms with van der Waals surface area (Å²) in [6.45, 7) is 1.60. The van der Waals surface area contributed by atoms with E-state index in [1.54, 1.807) is 19.1 Å². The Hall–Kier alpha value is -2.12. The third kappa shape index (κ3) is 3.77. The van der Waals surface area contributed by atoms with Gasteiger partial charge in [0.1, 0.15) is 10.6 Å². The number of rotatable bonds is 4. The maximum atomic E-state index is 13.1. The zero-order chi connectivity index (χ0) is 18.0. The number of halogens is 3. The number of hydrogen-bond donors (Lipinski definition) is 1. The number of anilines is 1. The molecule has 0 aliphatic heterocycles. The van der Waals surface area contributed by atoms with Crippen LogP contribution in [-0.2, 0) is 0 Å². The number of hydrogen-bond acceptors (Lipinski definition) is 3. The van der Waals surface area contributed by atoms with Crippen LogP contribution >= 0.6 is 27.3 Å². The Morgan fingerprint density at radius 3 is 2.44 bits per heavy atom. The Bertz CT molecular complexity index is 927. The van der Waals surface area contributed by atoms with Crippen molar-refractivity contribution in [3.8, 4) is 11.1 Å². The molecule has 0 spiro atoms. The molecule has 0 saturated carbocycles. The van der Waals surface area contributed by atoms with E-state index < -0.39 is 18.0 Å². The Morgan fingerprint density at radius 2 is 1.76 bits per heavy atom. The summed E-state index contributed by atoms with van der Waals surface area (Å²) < 4.78 is 27.1. The summed E-state index contributed by atoms with van der Waals surface area (Å²) in [6.07, 6.45) is -2.79. The minimum atomic E-state index is -2.79. The van der Waals surface area contributed by atoms with Gasteiger partial charge in [-0.05, 0) is 24.6 Å². The molecule has 2 aromatic carbocycles. The second kappa shape index (κ2) is 7.41. The number of carbonyl (C=O) groups is 1. The molecule has 1 aromatic heterocycles. The summed E-state index contributed by atoms with van der Waals surface area (Å²) in [7, 11) is 0. The van der Waals surface area contributed by atoms with Crippen LogP contribution in [0, 0.1) is 6.92 Å². The van der Waals surface area contributed by atoms with E-state index in [4.69, 9.17) is 0 Å². The molecule has 3 rings (SSSR count). The molecular weight excluding hydrogens is 410 g/mol.